The van der Waals surface area contributed by atoms with E-state index in [1.807, 2.05) is 13.8 Å². The van der Waals surface area contributed by atoms with Crippen molar-refractivity contribution in [1.29, 1.82) is 0 Å². The first-order valence-corrected chi connectivity index (χ1v) is 6.92. The molecule has 2 rings (SSSR count). The molecule has 0 fully saturated rings. The smallest absolute Gasteiger partial charge is 0.261 e. The van der Waals surface area contributed by atoms with E-state index in [1.165, 1.54) is 23.2 Å². The Balaban J connectivity index is 2.37. The number of amides is 1. The van der Waals surface area contributed by atoms with Crippen molar-refractivity contribution in [2.45, 2.75) is 13.8 Å². The van der Waals surface area contributed by atoms with Gasteiger partial charge in [-0.25, -0.2) is 4.39 Å². The van der Waals surface area contributed by atoms with Crippen LogP contribution in [-0.4, -0.2) is 24.0 Å². The third-order valence-corrected chi connectivity index (χ3v) is 3.10. The van der Waals surface area contributed by atoms with Crippen LogP contribution in [0.15, 0.2) is 42.7 Å². The molecule has 1 aromatic heterocycles. The molecule has 4 nitrogen and oxygen atoms in total. The zero-order valence-corrected chi connectivity index (χ0v) is 12.1. The molecule has 0 saturated carbocycles. The first-order chi connectivity index (χ1) is 10.2. The summed E-state index contributed by atoms with van der Waals surface area (Å²) in [5, 5.41) is 3.14. The van der Waals surface area contributed by atoms with Gasteiger partial charge >= 0.3 is 0 Å². The van der Waals surface area contributed by atoms with E-state index < -0.39 is 0 Å². The lowest BCUT2D eigenvalue weighted by Gasteiger charge is -2.22. The van der Waals surface area contributed by atoms with Gasteiger partial charge in [-0.15, -0.1) is 0 Å². The standard InChI is InChI=1S/C16H18FN3O/c1-3-19-15-8-9-18-11-14(15)16(21)20(4-2)13-7-5-6-12(17)10-13/h5-11H,3-4H2,1-2H3,(H,18,19). The second kappa shape index (κ2) is 6.83. The molecule has 0 atom stereocenters. The van der Waals surface area contributed by atoms with Crippen molar-refractivity contribution >= 4 is 17.3 Å². The van der Waals surface area contributed by atoms with E-state index in [1.54, 1.807) is 24.4 Å². The number of pyridine rings is 1. The van der Waals surface area contributed by atoms with Crippen LogP contribution in [0.4, 0.5) is 15.8 Å². The summed E-state index contributed by atoms with van der Waals surface area (Å²) in [6, 6.07) is 7.78. The molecule has 0 aliphatic carbocycles. The van der Waals surface area contributed by atoms with Gasteiger partial charge in [-0.05, 0) is 38.1 Å². The highest BCUT2D eigenvalue weighted by Gasteiger charge is 2.19. The van der Waals surface area contributed by atoms with Crippen LogP contribution in [0, 0.1) is 5.82 Å². The molecular weight excluding hydrogens is 269 g/mol. The summed E-state index contributed by atoms with van der Waals surface area (Å²) in [6.45, 7) is 4.96. The molecule has 1 amide bonds. The molecule has 0 saturated heterocycles. The van der Waals surface area contributed by atoms with Gasteiger partial charge in [0.15, 0.2) is 0 Å². The Kier molecular flexibility index (Phi) is 4.87. The average molecular weight is 287 g/mol. The van der Waals surface area contributed by atoms with Gasteiger partial charge in [-0.1, -0.05) is 6.07 Å². The molecular formula is C16H18FN3O. The largest absolute Gasteiger partial charge is 0.385 e. The number of nitrogens with one attached hydrogen (secondary N) is 1. The van der Waals surface area contributed by atoms with Crippen LogP contribution in [0.25, 0.3) is 0 Å². The maximum Gasteiger partial charge on any atom is 0.261 e. The number of carbonyl (C=O) groups excluding carboxylic acids is 1. The van der Waals surface area contributed by atoms with Crippen LogP contribution in [0.2, 0.25) is 0 Å². The number of anilines is 2. The summed E-state index contributed by atoms with van der Waals surface area (Å²) < 4.78 is 13.4. The topological polar surface area (TPSA) is 45.2 Å². The number of hydrogen-bond acceptors (Lipinski definition) is 3. The fourth-order valence-electron chi connectivity index (χ4n) is 2.14. The molecule has 110 valence electrons. The predicted molar refractivity (Wildman–Crippen MR) is 82.2 cm³/mol. The van der Waals surface area contributed by atoms with Crippen molar-refractivity contribution in [1.82, 2.24) is 4.98 Å². The van der Waals surface area contributed by atoms with Crippen molar-refractivity contribution in [3.05, 3.63) is 54.1 Å². The Morgan fingerprint density at radius 1 is 1.33 bits per heavy atom. The Morgan fingerprint density at radius 2 is 2.14 bits per heavy atom. The lowest BCUT2D eigenvalue weighted by molar-refractivity contribution is 0.0988. The Labute approximate surface area is 123 Å². The first kappa shape index (κ1) is 15.0. The molecule has 1 aromatic carbocycles. The van der Waals surface area contributed by atoms with Crippen molar-refractivity contribution < 1.29 is 9.18 Å². The summed E-state index contributed by atoms with van der Waals surface area (Å²) in [4.78, 5) is 18.3. The van der Waals surface area contributed by atoms with Crippen LogP contribution < -0.4 is 10.2 Å². The zero-order chi connectivity index (χ0) is 15.2. The van der Waals surface area contributed by atoms with E-state index in [0.29, 0.717) is 24.3 Å². The molecule has 5 heteroatoms. The number of nitrogens with zero attached hydrogens (tertiary/aromatic N) is 2. The number of rotatable bonds is 5. The molecule has 0 bridgehead atoms. The molecule has 2 aromatic rings. The van der Waals surface area contributed by atoms with Gasteiger partial charge in [0.25, 0.3) is 5.91 Å². The highest BCUT2D eigenvalue weighted by molar-refractivity contribution is 6.09. The van der Waals surface area contributed by atoms with Gasteiger partial charge in [0, 0.05) is 31.2 Å². The summed E-state index contributed by atoms with van der Waals surface area (Å²) in [7, 11) is 0. The van der Waals surface area contributed by atoms with Gasteiger partial charge < -0.3 is 10.2 Å². The number of hydrogen-bond donors (Lipinski definition) is 1. The van der Waals surface area contributed by atoms with Crippen LogP contribution >= 0.6 is 0 Å². The molecule has 0 aliphatic heterocycles. The minimum Gasteiger partial charge on any atom is -0.385 e. The van der Waals surface area contributed by atoms with Gasteiger partial charge in [-0.3, -0.25) is 9.78 Å². The predicted octanol–water partition coefficient (Wildman–Crippen LogP) is 3.32. The van der Waals surface area contributed by atoms with Crippen molar-refractivity contribution in [2.75, 3.05) is 23.3 Å². The van der Waals surface area contributed by atoms with Crippen LogP contribution in [0.5, 0.6) is 0 Å². The SMILES string of the molecule is CCNc1ccncc1C(=O)N(CC)c1cccc(F)c1. The maximum atomic E-state index is 13.4. The minimum atomic E-state index is -0.364. The fraction of sp³-hybridized carbons (Fsp3) is 0.250. The average Bonchev–Trinajstić information content (AvgIpc) is 2.49. The van der Waals surface area contributed by atoms with Gasteiger partial charge in [-0.2, -0.15) is 0 Å². The highest BCUT2D eigenvalue weighted by Crippen LogP contribution is 2.21. The number of halogens is 1. The van der Waals surface area contributed by atoms with E-state index in [4.69, 9.17) is 0 Å². The molecule has 1 heterocycles. The van der Waals surface area contributed by atoms with E-state index >= 15 is 0 Å². The fourth-order valence-corrected chi connectivity index (χ4v) is 2.14. The third kappa shape index (κ3) is 3.37. The van der Waals surface area contributed by atoms with Crippen LogP contribution in [-0.2, 0) is 0 Å². The normalized spacial score (nSPS) is 10.2. The molecule has 1 N–H and O–H groups in total. The summed E-state index contributed by atoms with van der Waals surface area (Å²) in [6.07, 6.45) is 3.16. The first-order valence-electron chi connectivity index (χ1n) is 6.92. The Hall–Kier alpha value is -2.43. The third-order valence-electron chi connectivity index (χ3n) is 3.10. The molecule has 0 aliphatic rings. The lowest BCUT2D eigenvalue weighted by Crippen LogP contribution is -2.31. The summed E-state index contributed by atoms with van der Waals surface area (Å²) in [5.74, 6) is -0.566. The van der Waals surface area contributed by atoms with E-state index in [9.17, 15) is 9.18 Å². The van der Waals surface area contributed by atoms with Gasteiger partial charge in [0.05, 0.1) is 11.3 Å². The maximum absolute atomic E-state index is 13.4. The van der Waals surface area contributed by atoms with Gasteiger partial charge in [0.2, 0.25) is 0 Å². The molecule has 21 heavy (non-hydrogen) atoms. The van der Waals surface area contributed by atoms with Crippen molar-refractivity contribution in [3.8, 4) is 0 Å². The number of benzene rings is 1. The summed E-state index contributed by atoms with van der Waals surface area (Å²) in [5.41, 5.74) is 1.74. The summed E-state index contributed by atoms with van der Waals surface area (Å²) >= 11 is 0. The second-order valence-corrected chi connectivity index (χ2v) is 4.48. The number of carbonyl (C=O) groups is 1. The van der Waals surface area contributed by atoms with E-state index in [0.717, 1.165) is 5.69 Å². The minimum absolute atomic E-state index is 0.202. The number of aromatic nitrogens is 1. The molecule has 0 unspecified atom stereocenters. The quantitative estimate of drug-likeness (QED) is 0.917. The van der Waals surface area contributed by atoms with Crippen LogP contribution in [0.3, 0.4) is 0 Å². The molecule has 0 radical (unpaired) electrons. The Morgan fingerprint density at radius 3 is 2.81 bits per heavy atom. The van der Waals surface area contributed by atoms with E-state index in [2.05, 4.69) is 10.3 Å². The Bertz CT molecular complexity index is 630. The monoisotopic (exact) mass is 287 g/mol. The van der Waals surface area contributed by atoms with Gasteiger partial charge in [0.1, 0.15) is 5.82 Å². The highest BCUT2D eigenvalue weighted by atomic mass is 19.1. The van der Waals surface area contributed by atoms with E-state index in [-0.39, 0.29) is 11.7 Å². The zero-order valence-electron chi connectivity index (χ0n) is 12.1. The molecule has 0 spiro atoms. The van der Waals surface area contributed by atoms with Crippen molar-refractivity contribution in [3.63, 3.8) is 0 Å². The lowest BCUT2D eigenvalue weighted by atomic mass is 10.2. The second-order valence-electron chi connectivity index (χ2n) is 4.48. The van der Waals surface area contributed by atoms with Crippen molar-refractivity contribution in [2.24, 2.45) is 0 Å². The van der Waals surface area contributed by atoms with Crippen LogP contribution in [0.1, 0.15) is 24.2 Å².